The first-order valence-electron chi connectivity index (χ1n) is 9.54. The Labute approximate surface area is 182 Å². The number of carbonyl (C=O) groups is 1. The van der Waals surface area contributed by atoms with Crippen molar-refractivity contribution in [2.45, 2.75) is 44.8 Å². The number of guanidine groups is 1. The molecule has 1 aliphatic rings. The average molecular weight is 454 g/mol. The highest BCUT2D eigenvalue weighted by Gasteiger charge is 2.47. The predicted molar refractivity (Wildman–Crippen MR) is 117 cm³/mol. The van der Waals surface area contributed by atoms with Crippen LogP contribution in [0.25, 0.3) is 0 Å². The number of aliphatic imine (C=N–C) groups is 1. The van der Waals surface area contributed by atoms with Crippen molar-refractivity contribution in [3.63, 3.8) is 0 Å². The van der Waals surface area contributed by atoms with Crippen LogP contribution in [0.4, 0.5) is 9.18 Å². The number of nitrogens with zero attached hydrogens (tertiary/aromatic N) is 4. The summed E-state index contributed by atoms with van der Waals surface area (Å²) in [5.41, 5.74) is 0.0482. The van der Waals surface area contributed by atoms with E-state index in [4.69, 9.17) is 4.74 Å². The van der Waals surface area contributed by atoms with Gasteiger partial charge in [0.15, 0.2) is 0 Å². The van der Waals surface area contributed by atoms with E-state index in [2.05, 4.69) is 28.9 Å². The van der Waals surface area contributed by atoms with E-state index in [1.165, 1.54) is 25.2 Å². The van der Waals surface area contributed by atoms with Gasteiger partial charge in [0.25, 0.3) is 0 Å². The molecule has 1 N–H and O–H groups in total. The van der Waals surface area contributed by atoms with Crippen LogP contribution in [0, 0.1) is 5.82 Å². The highest BCUT2D eigenvalue weighted by molar-refractivity contribution is 7.89. The molecular weight excluding hydrogens is 425 g/mol. The molecule has 0 saturated carbocycles. The quantitative estimate of drug-likeness (QED) is 0.405. The molecular formula is C20H28FN5O4S. The maximum Gasteiger partial charge on any atom is 0.437 e. The molecule has 2 rings (SSSR count). The molecule has 31 heavy (non-hydrogen) atoms. The lowest BCUT2D eigenvalue weighted by molar-refractivity contribution is 0.0282. The van der Waals surface area contributed by atoms with Crippen LogP contribution >= 0.6 is 0 Å². The van der Waals surface area contributed by atoms with E-state index in [9.17, 15) is 17.6 Å². The fourth-order valence-corrected chi connectivity index (χ4v) is 4.67. The van der Waals surface area contributed by atoms with Crippen molar-refractivity contribution in [3.05, 3.63) is 48.3 Å². The van der Waals surface area contributed by atoms with Crippen LogP contribution in [-0.2, 0) is 20.3 Å². The molecule has 9 nitrogen and oxygen atoms in total. The van der Waals surface area contributed by atoms with Gasteiger partial charge in [0.2, 0.25) is 16.0 Å². The van der Waals surface area contributed by atoms with E-state index >= 15 is 0 Å². The van der Waals surface area contributed by atoms with Gasteiger partial charge in [-0.2, -0.15) is 5.10 Å². The van der Waals surface area contributed by atoms with Crippen molar-refractivity contribution in [1.29, 1.82) is 0 Å². The lowest BCUT2D eigenvalue weighted by Gasteiger charge is -2.40. The van der Waals surface area contributed by atoms with Gasteiger partial charge in [-0.15, -0.1) is 11.6 Å². The van der Waals surface area contributed by atoms with Gasteiger partial charge in [0, 0.05) is 19.3 Å². The van der Waals surface area contributed by atoms with Gasteiger partial charge >= 0.3 is 6.09 Å². The summed E-state index contributed by atoms with van der Waals surface area (Å²) in [6.07, 6.45) is 1.16. The third-order valence-electron chi connectivity index (χ3n) is 4.52. The minimum atomic E-state index is -4.00. The largest absolute Gasteiger partial charge is 0.442 e. The second-order valence-electron chi connectivity index (χ2n) is 8.05. The number of hydrazine groups is 1. The Hall–Kier alpha value is -2.95. The molecule has 0 aromatic heterocycles. The zero-order chi connectivity index (χ0) is 23.4. The smallest absolute Gasteiger partial charge is 0.437 e. The highest BCUT2D eigenvalue weighted by atomic mass is 32.2. The number of nitrogens with one attached hydrogen (secondary N) is 1. The molecule has 1 aromatic carbocycles. The normalized spacial score (nSPS) is 20.4. The van der Waals surface area contributed by atoms with Crippen LogP contribution in [-0.4, -0.2) is 54.9 Å². The van der Waals surface area contributed by atoms with Gasteiger partial charge in [-0.05, 0) is 39.7 Å². The summed E-state index contributed by atoms with van der Waals surface area (Å²) >= 11 is 0. The van der Waals surface area contributed by atoms with Gasteiger partial charge in [-0.3, -0.25) is 0 Å². The van der Waals surface area contributed by atoms with E-state index in [0.29, 0.717) is 6.42 Å². The van der Waals surface area contributed by atoms with E-state index in [-0.39, 0.29) is 17.9 Å². The number of hydrogen-bond acceptors (Lipinski definition) is 7. The Bertz CT molecular complexity index is 990. The van der Waals surface area contributed by atoms with Gasteiger partial charge in [0.1, 0.15) is 17.0 Å². The summed E-state index contributed by atoms with van der Waals surface area (Å²) in [6, 6.07) is 5.82. The second-order valence-corrected chi connectivity index (χ2v) is 10.0. The van der Waals surface area contributed by atoms with Gasteiger partial charge < -0.3 is 4.74 Å². The Balaban J connectivity index is 2.74. The minimum Gasteiger partial charge on any atom is -0.442 e. The van der Waals surface area contributed by atoms with E-state index in [1.54, 1.807) is 32.9 Å². The number of hydrogen-bond donors (Lipinski definition) is 1. The zero-order valence-corrected chi connectivity index (χ0v) is 18.9. The molecule has 11 heteroatoms. The molecule has 0 fully saturated rings. The summed E-state index contributed by atoms with van der Waals surface area (Å²) in [5.74, 6) is -1.41. The lowest BCUT2D eigenvalue weighted by atomic mass is 9.87. The minimum absolute atomic E-state index is 0.0988. The third kappa shape index (κ3) is 5.40. The number of hydrazone groups is 1. The predicted octanol–water partition coefficient (Wildman–Crippen LogP) is 2.98. The Morgan fingerprint density at radius 3 is 2.65 bits per heavy atom. The first-order chi connectivity index (χ1) is 14.4. The molecule has 1 amide bonds. The van der Waals surface area contributed by atoms with Crippen molar-refractivity contribution >= 4 is 28.8 Å². The fraction of sp³-hybridized carbons (Fsp3) is 0.450. The number of carbonyl (C=O) groups excluding carboxylic acids is 1. The van der Waals surface area contributed by atoms with Crippen molar-refractivity contribution in [1.82, 2.24) is 14.8 Å². The number of ether oxygens (including phenoxy) is 1. The standard InChI is InChI=1S/C20H28FN5O4S/c1-7-8-13-20(15-11-9-10-12-16(15)21)14-31(28,29)25(6)17(23-20)26(24-22-5)18(27)30-19(2,3)4/h7,9-12,24H,1,5,8,13-14H2,2-4,6H3. The van der Waals surface area contributed by atoms with Crippen LogP contribution in [0.2, 0.25) is 0 Å². The molecule has 1 unspecified atom stereocenters. The molecule has 170 valence electrons. The molecule has 1 atom stereocenters. The number of benzene rings is 1. The summed E-state index contributed by atoms with van der Waals surface area (Å²) < 4.78 is 47.2. The van der Waals surface area contributed by atoms with Crippen molar-refractivity contribution in [2.75, 3.05) is 12.8 Å². The Morgan fingerprint density at radius 1 is 1.45 bits per heavy atom. The molecule has 1 aliphatic heterocycles. The SMILES string of the molecule is C=CCCC1(c2ccccc2F)CS(=O)(=O)N(C)C(N(NN=C)C(=O)OC(C)(C)C)=N1. The van der Waals surface area contributed by atoms with Crippen LogP contribution in [0.3, 0.4) is 0 Å². The molecule has 0 aliphatic carbocycles. The molecule has 0 radical (unpaired) electrons. The van der Waals surface area contributed by atoms with Crippen LogP contribution in [0.1, 0.15) is 39.2 Å². The first-order valence-corrected chi connectivity index (χ1v) is 11.1. The van der Waals surface area contributed by atoms with Crippen LogP contribution < -0.4 is 5.53 Å². The number of allylic oxidation sites excluding steroid dienone is 1. The van der Waals surface area contributed by atoms with E-state index in [1.807, 2.05) is 0 Å². The monoisotopic (exact) mass is 453 g/mol. The van der Waals surface area contributed by atoms with Crippen LogP contribution in [0.5, 0.6) is 0 Å². The highest BCUT2D eigenvalue weighted by Crippen LogP contribution is 2.38. The van der Waals surface area contributed by atoms with E-state index < -0.39 is 38.8 Å². The summed E-state index contributed by atoms with van der Waals surface area (Å²) in [7, 11) is -2.76. The molecule has 1 heterocycles. The second kappa shape index (κ2) is 9.04. The topological polar surface area (TPSA) is 104 Å². The molecule has 0 saturated heterocycles. The summed E-state index contributed by atoms with van der Waals surface area (Å²) in [5, 5.41) is 4.21. The maximum absolute atomic E-state index is 14.8. The van der Waals surface area contributed by atoms with Crippen molar-refractivity contribution in [3.8, 4) is 0 Å². The average Bonchev–Trinajstić information content (AvgIpc) is 2.66. The summed E-state index contributed by atoms with van der Waals surface area (Å²) in [6.45, 7) is 11.9. The van der Waals surface area contributed by atoms with Crippen molar-refractivity contribution < 1.29 is 22.3 Å². The Morgan fingerprint density at radius 2 is 2.10 bits per heavy atom. The van der Waals surface area contributed by atoms with Gasteiger partial charge in [0.05, 0.1) is 5.75 Å². The maximum atomic E-state index is 14.8. The van der Waals surface area contributed by atoms with Crippen LogP contribution in [0.15, 0.2) is 47.0 Å². The molecule has 0 spiro atoms. The van der Waals surface area contributed by atoms with Crippen molar-refractivity contribution in [2.24, 2.45) is 10.1 Å². The van der Waals surface area contributed by atoms with E-state index in [0.717, 1.165) is 9.31 Å². The third-order valence-corrected chi connectivity index (χ3v) is 6.36. The number of halogens is 1. The number of amides is 1. The first kappa shape index (κ1) is 24.3. The zero-order valence-electron chi connectivity index (χ0n) is 18.1. The molecule has 0 bridgehead atoms. The Kier molecular flexibility index (Phi) is 7.10. The lowest BCUT2D eigenvalue weighted by Crippen LogP contribution is -2.59. The van der Waals surface area contributed by atoms with Gasteiger partial charge in [-0.1, -0.05) is 24.3 Å². The number of sulfonamides is 1. The summed E-state index contributed by atoms with van der Waals surface area (Å²) in [4.78, 5) is 17.4. The molecule has 1 aromatic rings. The fourth-order valence-electron chi connectivity index (χ4n) is 3.13. The number of rotatable bonds is 6. The van der Waals surface area contributed by atoms with Gasteiger partial charge in [-0.25, -0.2) is 32.4 Å².